The van der Waals surface area contributed by atoms with Gasteiger partial charge in [-0.05, 0) is 58.7 Å². The van der Waals surface area contributed by atoms with Crippen LogP contribution in [0.1, 0.15) is 76.0 Å². The standard InChI is InChI=1S/C28H43N3O3S/c1-20(2)23-18-26(21(3)4)28(27(19-23)22(5)6)35(32,33)29-12-13-30-14-16-31(17-15-30)24-8-10-25(34-7)11-9-24/h8-11,18-22,29H,12-17H2,1-7H3. The molecule has 0 saturated carbocycles. The molecule has 2 aromatic carbocycles. The fraction of sp³-hybridized carbons (Fsp3) is 0.571. The van der Waals surface area contributed by atoms with Crippen molar-refractivity contribution >= 4 is 15.7 Å². The molecule has 6 nitrogen and oxygen atoms in total. The van der Waals surface area contributed by atoms with Gasteiger partial charge in [-0.1, -0.05) is 53.7 Å². The van der Waals surface area contributed by atoms with Crippen molar-refractivity contribution in [3.8, 4) is 5.75 Å². The van der Waals surface area contributed by atoms with Crippen molar-refractivity contribution in [2.45, 2.75) is 64.2 Å². The monoisotopic (exact) mass is 501 g/mol. The Morgan fingerprint density at radius 2 is 1.40 bits per heavy atom. The Bertz CT molecular complexity index is 1040. The molecule has 0 atom stereocenters. The first kappa shape index (κ1) is 27.5. The van der Waals surface area contributed by atoms with Gasteiger partial charge in [0.15, 0.2) is 0 Å². The van der Waals surface area contributed by atoms with E-state index in [-0.39, 0.29) is 11.8 Å². The summed E-state index contributed by atoms with van der Waals surface area (Å²) in [5.41, 5.74) is 4.23. The van der Waals surface area contributed by atoms with E-state index in [9.17, 15) is 8.42 Å². The summed E-state index contributed by atoms with van der Waals surface area (Å²) >= 11 is 0. The first-order valence-electron chi connectivity index (χ1n) is 12.8. The molecule has 1 N–H and O–H groups in total. The lowest BCUT2D eigenvalue weighted by Gasteiger charge is -2.36. The normalized spacial score (nSPS) is 15.4. The fourth-order valence-electron chi connectivity index (χ4n) is 4.63. The smallest absolute Gasteiger partial charge is 0.241 e. The number of sulfonamides is 1. The molecule has 194 valence electrons. The molecule has 0 spiro atoms. The van der Waals surface area contributed by atoms with E-state index in [2.05, 4.69) is 80.3 Å². The zero-order chi connectivity index (χ0) is 25.8. The number of piperazine rings is 1. The van der Waals surface area contributed by atoms with Crippen molar-refractivity contribution in [3.05, 3.63) is 53.1 Å². The average Bonchev–Trinajstić information content (AvgIpc) is 2.83. The van der Waals surface area contributed by atoms with Gasteiger partial charge in [0, 0.05) is 45.0 Å². The van der Waals surface area contributed by atoms with Gasteiger partial charge in [0.05, 0.1) is 12.0 Å². The van der Waals surface area contributed by atoms with Gasteiger partial charge in [-0.25, -0.2) is 13.1 Å². The van der Waals surface area contributed by atoms with Crippen molar-refractivity contribution in [2.24, 2.45) is 0 Å². The summed E-state index contributed by atoms with van der Waals surface area (Å²) in [6.07, 6.45) is 0. The molecule has 0 unspecified atom stereocenters. The summed E-state index contributed by atoms with van der Waals surface area (Å²) in [6, 6.07) is 12.3. The van der Waals surface area contributed by atoms with Crippen molar-refractivity contribution in [2.75, 3.05) is 51.3 Å². The van der Waals surface area contributed by atoms with E-state index in [0.717, 1.165) is 43.1 Å². The molecule has 1 heterocycles. The van der Waals surface area contributed by atoms with Gasteiger partial charge in [-0.3, -0.25) is 4.90 Å². The van der Waals surface area contributed by atoms with E-state index in [1.807, 2.05) is 12.1 Å². The molecule has 7 heteroatoms. The topological polar surface area (TPSA) is 61.9 Å². The summed E-state index contributed by atoms with van der Waals surface area (Å²) in [7, 11) is -1.94. The van der Waals surface area contributed by atoms with Crippen molar-refractivity contribution in [1.82, 2.24) is 9.62 Å². The molecular formula is C28H43N3O3S. The Morgan fingerprint density at radius 3 is 1.86 bits per heavy atom. The molecule has 1 saturated heterocycles. The Labute approximate surface area is 212 Å². The highest BCUT2D eigenvalue weighted by atomic mass is 32.2. The van der Waals surface area contributed by atoms with E-state index < -0.39 is 10.0 Å². The van der Waals surface area contributed by atoms with E-state index in [1.54, 1.807) is 7.11 Å². The first-order valence-corrected chi connectivity index (χ1v) is 14.3. The Balaban J connectivity index is 1.65. The SMILES string of the molecule is COc1ccc(N2CCN(CCNS(=O)(=O)c3c(C(C)C)cc(C(C)C)cc3C(C)C)CC2)cc1. The second-order valence-electron chi connectivity index (χ2n) is 10.4. The summed E-state index contributed by atoms with van der Waals surface area (Å²) < 4.78 is 35.3. The Hall–Kier alpha value is -2.09. The second kappa shape index (κ2) is 11.8. The maximum atomic E-state index is 13.5. The van der Waals surface area contributed by atoms with Gasteiger partial charge in [0.2, 0.25) is 10.0 Å². The van der Waals surface area contributed by atoms with E-state index >= 15 is 0 Å². The maximum Gasteiger partial charge on any atom is 0.241 e. The largest absolute Gasteiger partial charge is 0.497 e. The highest BCUT2D eigenvalue weighted by Crippen LogP contribution is 2.35. The fourth-order valence-corrected chi connectivity index (χ4v) is 6.35. The number of benzene rings is 2. The molecule has 0 amide bonds. The molecule has 1 aliphatic rings. The quantitative estimate of drug-likeness (QED) is 0.487. The number of hydrogen-bond donors (Lipinski definition) is 1. The molecule has 0 aliphatic carbocycles. The number of ether oxygens (including phenoxy) is 1. The summed E-state index contributed by atoms with van der Waals surface area (Å²) in [5, 5.41) is 0. The minimum atomic E-state index is -3.61. The number of nitrogens with zero attached hydrogens (tertiary/aromatic N) is 2. The predicted molar refractivity (Wildman–Crippen MR) is 146 cm³/mol. The van der Waals surface area contributed by atoms with Crippen LogP contribution in [0.5, 0.6) is 5.75 Å². The maximum absolute atomic E-state index is 13.5. The number of hydrogen-bond acceptors (Lipinski definition) is 5. The molecule has 1 aliphatic heterocycles. The third-order valence-electron chi connectivity index (χ3n) is 6.88. The van der Waals surface area contributed by atoms with E-state index in [1.165, 1.54) is 11.3 Å². The van der Waals surface area contributed by atoms with Gasteiger partial charge < -0.3 is 9.64 Å². The average molecular weight is 502 g/mol. The third kappa shape index (κ3) is 6.78. The first-order chi connectivity index (χ1) is 16.5. The van der Waals surface area contributed by atoms with Crippen LogP contribution >= 0.6 is 0 Å². The third-order valence-corrected chi connectivity index (χ3v) is 8.47. The second-order valence-corrected chi connectivity index (χ2v) is 12.1. The molecular weight excluding hydrogens is 458 g/mol. The predicted octanol–water partition coefficient (Wildman–Crippen LogP) is 5.17. The summed E-state index contributed by atoms with van der Waals surface area (Å²) in [4.78, 5) is 5.17. The molecule has 0 bridgehead atoms. The van der Waals surface area contributed by atoms with Crippen molar-refractivity contribution < 1.29 is 13.2 Å². The van der Waals surface area contributed by atoms with Gasteiger partial charge in [-0.2, -0.15) is 0 Å². The van der Waals surface area contributed by atoms with Crippen LogP contribution < -0.4 is 14.4 Å². The lowest BCUT2D eigenvalue weighted by Crippen LogP contribution is -2.48. The molecule has 0 aromatic heterocycles. The van der Waals surface area contributed by atoms with Crippen LogP contribution in [0, 0.1) is 0 Å². The number of anilines is 1. The lowest BCUT2D eigenvalue weighted by atomic mass is 9.89. The van der Waals surface area contributed by atoms with Crippen LogP contribution in [0.25, 0.3) is 0 Å². The van der Waals surface area contributed by atoms with Crippen LogP contribution in [0.2, 0.25) is 0 Å². The highest BCUT2D eigenvalue weighted by molar-refractivity contribution is 7.89. The number of nitrogens with one attached hydrogen (secondary N) is 1. The Morgan fingerprint density at radius 1 is 0.857 bits per heavy atom. The number of rotatable bonds is 10. The summed E-state index contributed by atoms with van der Waals surface area (Å²) in [6.45, 7) is 17.4. The van der Waals surface area contributed by atoms with Crippen LogP contribution in [0.4, 0.5) is 5.69 Å². The minimum absolute atomic E-state index is 0.129. The van der Waals surface area contributed by atoms with Gasteiger partial charge in [0.25, 0.3) is 0 Å². The van der Waals surface area contributed by atoms with Gasteiger partial charge in [0.1, 0.15) is 5.75 Å². The van der Waals surface area contributed by atoms with E-state index in [0.29, 0.717) is 23.9 Å². The lowest BCUT2D eigenvalue weighted by molar-refractivity contribution is 0.262. The highest BCUT2D eigenvalue weighted by Gasteiger charge is 2.27. The molecule has 2 aromatic rings. The van der Waals surface area contributed by atoms with Crippen molar-refractivity contribution in [1.29, 1.82) is 0 Å². The van der Waals surface area contributed by atoms with Crippen LogP contribution in [0.15, 0.2) is 41.3 Å². The van der Waals surface area contributed by atoms with E-state index in [4.69, 9.17) is 4.74 Å². The van der Waals surface area contributed by atoms with Crippen LogP contribution in [0.3, 0.4) is 0 Å². The molecule has 3 rings (SSSR count). The van der Waals surface area contributed by atoms with Crippen LogP contribution in [-0.4, -0.2) is 59.7 Å². The van der Waals surface area contributed by atoms with Gasteiger partial charge >= 0.3 is 0 Å². The molecule has 35 heavy (non-hydrogen) atoms. The number of methoxy groups -OCH3 is 1. The van der Waals surface area contributed by atoms with Gasteiger partial charge in [-0.15, -0.1) is 0 Å². The zero-order valence-electron chi connectivity index (χ0n) is 22.5. The van der Waals surface area contributed by atoms with Crippen molar-refractivity contribution in [3.63, 3.8) is 0 Å². The van der Waals surface area contributed by atoms with Crippen LogP contribution in [-0.2, 0) is 10.0 Å². The Kier molecular flexibility index (Phi) is 9.24. The zero-order valence-corrected chi connectivity index (χ0v) is 23.3. The molecule has 0 radical (unpaired) electrons. The molecule has 1 fully saturated rings. The summed E-state index contributed by atoms with van der Waals surface area (Å²) in [5.74, 6) is 1.47. The minimum Gasteiger partial charge on any atom is -0.497 e.